The number of nitrogens with one attached hydrogen (secondary N) is 2. The molecule has 1 aliphatic heterocycles. The Balaban J connectivity index is 1.54. The zero-order valence-corrected chi connectivity index (χ0v) is 14.6. The third-order valence-electron chi connectivity index (χ3n) is 3.77. The summed E-state index contributed by atoms with van der Waals surface area (Å²) in [6, 6.07) is 9.63. The van der Waals surface area contributed by atoms with Gasteiger partial charge in [-0.2, -0.15) is 0 Å². The van der Waals surface area contributed by atoms with Crippen molar-refractivity contribution in [3.8, 4) is 11.5 Å². The lowest BCUT2D eigenvalue weighted by atomic mass is 10.2. The molecule has 0 amide bonds. The molecule has 2 heterocycles. The second-order valence-corrected chi connectivity index (χ2v) is 5.71. The van der Waals surface area contributed by atoms with E-state index in [2.05, 4.69) is 20.8 Å². The van der Waals surface area contributed by atoms with E-state index in [4.69, 9.17) is 14.0 Å². The fourth-order valence-electron chi connectivity index (χ4n) is 2.47. The third kappa shape index (κ3) is 4.65. The highest BCUT2D eigenvalue weighted by molar-refractivity contribution is 5.79. The normalized spacial score (nSPS) is 16.6. The van der Waals surface area contributed by atoms with E-state index in [9.17, 15) is 0 Å². The SMILES string of the molecule is CCNC(=NCc1cc(CC)no1)NC[C@H]1COc2ccccc2O1. The van der Waals surface area contributed by atoms with Crippen molar-refractivity contribution in [1.29, 1.82) is 0 Å². The summed E-state index contributed by atoms with van der Waals surface area (Å²) < 4.78 is 16.9. The van der Waals surface area contributed by atoms with E-state index in [1.807, 2.05) is 44.2 Å². The van der Waals surface area contributed by atoms with Crippen LogP contribution in [0.1, 0.15) is 25.3 Å². The summed E-state index contributed by atoms with van der Waals surface area (Å²) in [5.41, 5.74) is 0.939. The van der Waals surface area contributed by atoms with Gasteiger partial charge in [0, 0.05) is 12.6 Å². The molecule has 0 saturated carbocycles. The molecular weight excluding hydrogens is 320 g/mol. The molecule has 0 fully saturated rings. The molecule has 0 spiro atoms. The first-order valence-corrected chi connectivity index (χ1v) is 8.63. The molecule has 2 aromatic rings. The lowest BCUT2D eigenvalue weighted by molar-refractivity contribution is 0.0936. The Labute approximate surface area is 147 Å². The van der Waals surface area contributed by atoms with Gasteiger partial charge in [0.2, 0.25) is 0 Å². The van der Waals surface area contributed by atoms with Gasteiger partial charge in [0.15, 0.2) is 23.2 Å². The summed E-state index contributed by atoms with van der Waals surface area (Å²) in [5.74, 6) is 3.02. The Morgan fingerprint density at radius 2 is 2.08 bits per heavy atom. The minimum Gasteiger partial charge on any atom is -0.486 e. The third-order valence-corrected chi connectivity index (χ3v) is 3.77. The number of rotatable bonds is 6. The van der Waals surface area contributed by atoms with E-state index >= 15 is 0 Å². The van der Waals surface area contributed by atoms with Crippen LogP contribution in [0, 0.1) is 0 Å². The number of guanidine groups is 1. The first-order chi connectivity index (χ1) is 12.3. The van der Waals surface area contributed by atoms with Gasteiger partial charge in [0.1, 0.15) is 19.3 Å². The van der Waals surface area contributed by atoms with Crippen LogP contribution in [-0.4, -0.2) is 36.9 Å². The highest BCUT2D eigenvalue weighted by Gasteiger charge is 2.20. The summed E-state index contributed by atoms with van der Waals surface area (Å²) >= 11 is 0. The van der Waals surface area contributed by atoms with Gasteiger partial charge in [-0.1, -0.05) is 24.2 Å². The zero-order valence-electron chi connectivity index (χ0n) is 14.6. The molecule has 1 aromatic heterocycles. The van der Waals surface area contributed by atoms with E-state index in [1.54, 1.807) is 0 Å². The maximum absolute atomic E-state index is 5.94. The molecule has 7 nitrogen and oxygen atoms in total. The smallest absolute Gasteiger partial charge is 0.191 e. The second kappa shape index (κ2) is 8.41. The van der Waals surface area contributed by atoms with Crippen molar-refractivity contribution in [2.45, 2.75) is 32.9 Å². The van der Waals surface area contributed by atoms with Crippen LogP contribution in [0.25, 0.3) is 0 Å². The van der Waals surface area contributed by atoms with Gasteiger partial charge in [-0.15, -0.1) is 0 Å². The van der Waals surface area contributed by atoms with Crippen molar-refractivity contribution in [2.75, 3.05) is 19.7 Å². The van der Waals surface area contributed by atoms with Crippen molar-refractivity contribution >= 4 is 5.96 Å². The fourth-order valence-corrected chi connectivity index (χ4v) is 2.47. The van der Waals surface area contributed by atoms with Crippen molar-refractivity contribution < 1.29 is 14.0 Å². The van der Waals surface area contributed by atoms with E-state index < -0.39 is 0 Å². The molecule has 0 aliphatic carbocycles. The van der Waals surface area contributed by atoms with Gasteiger partial charge in [0.25, 0.3) is 0 Å². The number of hydrogen-bond acceptors (Lipinski definition) is 5. The highest BCUT2D eigenvalue weighted by Crippen LogP contribution is 2.30. The molecule has 1 atom stereocenters. The van der Waals surface area contributed by atoms with Crippen LogP contribution in [0.2, 0.25) is 0 Å². The van der Waals surface area contributed by atoms with Crippen LogP contribution in [0.4, 0.5) is 0 Å². The van der Waals surface area contributed by atoms with Crippen LogP contribution >= 0.6 is 0 Å². The maximum Gasteiger partial charge on any atom is 0.191 e. The van der Waals surface area contributed by atoms with Crippen LogP contribution in [-0.2, 0) is 13.0 Å². The van der Waals surface area contributed by atoms with Crippen molar-refractivity contribution in [3.63, 3.8) is 0 Å². The van der Waals surface area contributed by atoms with Crippen molar-refractivity contribution in [3.05, 3.63) is 41.8 Å². The summed E-state index contributed by atoms with van der Waals surface area (Å²) in [4.78, 5) is 4.52. The summed E-state index contributed by atoms with van der Waals surface area (Å²) in [5, 5.41) is 10.5. The minimum absolute atomic E-state index is 0.0734. The molecule has 0 bridgehead atoms. The van der Waals surface area contributed by atoms with Crippen LogP contribution in [0.5, 0.6) is 11.5 Å². The van der Waals surface area contributed by atoms with E-state index in [0.29, 0.717) is 25.7 Å². The highest BCUT2D eigenvalue weighted by atomic mass is 16.6. The Hall–Kier alpha value is -2.70. The molecule has 25 heavy (non-hydrogen) atoms. The minimum atomic E-state index is -0.0734. The Morgan fingerprint density at radius 1 is 1.24 bits per heavy atom. The lowest BCUT2D eigenvalue weighted by Crippen LogP contribution is -2.45. The molecule has 0 radical (unpaired) electrons. The number of ether oxygens (including phenoxy) is 2. The number of aromatic nitrogens is 1. The molecular formula is C18H24N4O3. The Kier molecular flexibility index (Phi) is 5.77. The quantitative estimate of drug-likeness (QED) is 0.617. The van der Waals surface area contributed by atoms with Gasteiger partial charge in [-0.05, 0) is 25.5 Å². The van der Waals surface area contributed by atoms with Gasteiger partial charge >= 0.3 is 0 Å². The first-order valence-electron chi connectivity index (χ1n) is 8.63. The summed E-state index contributed by atoms with van der Waals surface area (Å²) in [6.07, 6.45) is 0.780. The molecule has 2 N–H and O–H groups in total. The zero-order chi connectivity index (χ0) is 17.5. The first kappa shape index (κ1) is 17.1. The fraction of sp³-hybridized carbons (Fsp3) is 0.444. The maximum atomic E-state index is 5.94. The second-order valence-electron chi connectivity index (χ2n) is 5.71. The number of aryl methyl sites for hydroxylation is 1. The standard InChI is InChI=1S/C18H24N4O3/c1-3-13-9-14(25-22-13)10-20-18(19-4-2)21-11-15-12-23-16-7-5-6-8-17(16)24-15/h5-9,15H,3-4,10-12H2,1-2H3,(H2,19,20,21)/t15-/m0/s1. The summed E-state index contributed by atoms with van der Waals surface area (Å²) in [7, 11) is 0. The monoisotopic (exact) mass is 344 g/mol. The van der Waals surface area contributed by atoms with Gasteiger partial charge < -0.3 is 24.6 Å². The topological polar surface area (TPSA) is 80.9 Å². The molecule has 3 rings (SSSR count). The van der Waals surface area contributed by atoms with Crippen molar-refractivity contribution in [2.24, 2.45) is 4.99 Å². The molecule has 1 aromatic carbocycles. The van der Waals surface area contributed by atoms with Crippen molar-refractivity contribution in [1.82, 2.24) is 15.8 Å². The number of hydrogen-bond donors (Lipinski definition) is 2. The van der Waals surface area contributed by atoms with Crippen LogP contribution < -0.4 is 20.1 Å². The van der Waals surface area contributed by atoms with E-state index in [0.717, 1.165) is 35.9 Å². The Bertz CT molecular complexity index is 714. The van der Waals surface area contributed by atoms with E-state index in [1.165, 1.54) is 0 Å². The largest absolute Gasteiger partial charge is 0.486 e. The predicted molar refractivity (Wildman–Crippen MR) is 95.1 cm³/mol. The lowest BCUT2D eigenvalue weighted by Gasteiger charge is -2.27. The van der Waals surface area contributed by atoms with Gasteiger partial charge in [-0.25, -0.2) is 4.99 Å². The number of nitrogens with zero attached hydrogens (tertiary/aromatic N) is 2. The average molecular weight is 344 g/mol. The molecule has 7 heteroatoms. The molecule has 1 aliphatic rings. The van der Waals surface area contributed by atoms with Gasteiger partial charge in [-0.3, -0.25) is 0 Å². The van der Waals surface area contributed by atoms with E-state index in [-0.39, 0.29) is 6.10 Å². The number of benzene rings is 1. The average Bonchev–Trinajstić information content (AvgIpc) is 3.12. The number of aliphatic imine (C=N–C) groups is 1. The van der Waals surface area contributed by atoms with Crippen LogP contribution in [0.15, 0.2) is 39.8 Å². The van der Waals surface area contributed by atoms with Gasteiger partial charge in [0.05, 0.1) is 12.2 Å². The summed E-state index contributed by atoms with van der Waals surface area (Å²) in [6.45, 7) is 6.38. The molecule has 0 unspecified atom stereocenters. The van der Waals surface area contributed by atoms with Crippen LogP contribution in [0.3, 0.4) is 0 Å². The number of fused-ring (bicyclic) bond motifs is 1. The Morgan fingerprint density at radius 3 is 2.84 bits per heavy atom. The number of para-hydroxylation sites is 2. The predicted octanol–water partition coefficient (Wildman–Crippen LogP) is 2.13. The molecule has 0 saturated heterocycles. The molecule has 134 valence electrons.